The molecule has 100 valence electrons. The van der Waals surface area contributed by atoms with Gasteiger partial charge in [-0.25, -0.2) is 0 Å². The van der Waals surface area contributed by atoms with E-state index in [2.05, 4.69) is 23.6 Å². The molecule has 1 aromatic carbocycles. The molecule has 1 fully saturated rings. The number of halogens is 1. The summed E-state index contributed by atoms with van der Waals surface area (Å²) in [6.07, 6.45) is 0. The second-order valence-corrected chi connectivity index (χ2v) is 5.42. The average molecular weight is 269 g/mol. The molecule has 0 aliphatic carbocycles. The summed E-state index contributed by atoms with van der Waals surface area (Å²) in [6, 6.07) is 6.43. The van der Waals surface area contributed by atoms with Crippen molar-refractivity contribution in [2.24, 2.45) is 0 Å². The minimum absolute atomic E-state index is 0.000594. The van der Waals surface area contributed by atoms with Crippen LogP contribution in [-0.2, 0) is 6.61 Å². The largest absolute Gasteiger partial charge is 0.392 e. The highest BCUT2D eigenvalue weighted by Crippen LogP contribution is 2.28. The molecule has 0 bridgehead atoms. The van der Waals surface area contributed by atoms with Crippen molar-refractivity contribution in [3.63, 3.8) is 0 Å². The van der Waals surface area contributed by atoms with Gasteiger partial charge in [-0.3, -0.25) is 4.90 Å². The van der Waals surface area contributed by atoms with Crippen molar-refractivity contribution in [3.05, 3.63) is 28.8 Å². The number of nitrogens with zero attached hydrogens (tertiary/aromatic N) is 2. The first-order valence-electron chi connectivity index (χ1n) is 6.50. The molecule has 0 atom stereocenters. The van der Waals surface area contributed by atoms with E-state index < -0.39 is 0 Å². The van der Waals surface area contributed by atoms with Gasteiger partial charge in [0.15, 0.2) is 0 Å². The van der Waals surface area contributed by atoms with E-state index in [1.807, 2.05) is 18.2 Å². The van der Waals surface area contributed by atoms with E-state index in [1.54, 1.807) is 0 Å². The van der Waals surface area contributed by atoms with E-state index in [-0.39, 0.29) is 6.61 Å². The first-order chi connectivity index (χ1) is 8.63. The summed E-state index contributed by atoms with van der Waals surface area (Å²) in [7, 11) is 0. The summed E-state index contributed by atoms with van der Waals surface area (Å²) < 4.78 is 0. The quantitative estimate of drug-likeness (QED) is 0.912. The lowest BCUT2D eigenvalue weighted by Gasteiger charge is -2.38. The Morgan fingerprint density at radius 2 is 1.89 bits per heavy atom. The Hall–Kier alpha value is -0.770. The van der Waals surface area contributed by atoms with Crippen molar-refractivity contribution in [1.29, 1.82) is 0 Å². The molecule has 1 aromatic rings. The molecule has 18 heavy (non-hydrogen) atoms. The molecule has 1 N–H and O–H groups in total. The van der Waals surface area contributed by atoms with E-state index in [0.29, 0.717) is 11.1 Å². The van der Waals surface area contributed by atoms with Gasteiger partial charge in [0.1, 0.15) is 0 Å². The fourth-order valence-electron chi connectivity index (χ4n) is 2.48. The van der Waals surface area contributed by atoms with Crippen LogP contribution in [0.4, 0.5) is 5.69 Å². The van der Waals surface area contributed by atoms with Crippen LogP contribution in [0.3, 0.4) is 0 Å². The van der Waals surface area contributed by atoms with Gasteiger partial charge >= 0.3 is 0 Å². The van der Waals surface area contributed by atoms with E-state index in [9.17, 15) is 5.11 Å². The molecule has 2 rings (SSSR count). The predicted molar refractivity (Wildman–Crippen MR) is 76.3 cm³/mol. The Morgan fingerprint density at radius 1 is 1.22 bits per heavy atom. The van der Waals surface area contributed by atoms with E-state index in [4.69, 9.17) is 11.6 Å². The molecule has 0 unspecified atom stereocenters. The maximum Gasteiger partial charge on any atom is 0.0716 e. The zero-order chi connectivity index (χ0) is 13.1. The average Bonchev–Trinajstić information content (AvgIpc) is 2.38. The van der Waals surface area contributed by atoms with Crippen molar-refractivity contribution in [1.82, 2.24) is 4.90 Å². The van der Waals surface area contributed by atoms with E-state index in [0.717, 1.165) is 37.4 Å². The molecule has 0 saturated carbocycles. The van der Waals surface area contributed by atoms with Gasteiger partial charge in [-0.1, -0.05) is 17.7 Å². The summed E-state index contributed by atoms with van der Waals surface area (Å²) in [4.78, 5) is 4.79. The van der Waals surface area contributed by atoms with E-state index in [1.165, 1.54) is 0 Å². The number of rotatable bonds is 3. The van der Waals surface area contributed by atoms with Crippen LogP contribution in [0.5, 0.6) is 0 Å². The molecule has 0 aromatic heterocycles. The molecular weight excluding hydrogens is 248 g/mol. The normalized spacial score (nSPS) is 17.5. The third-order valence-corrected chi connectivity index (χ3v) is 3.99. The SMILES string of the molecule is CC(C)N1CCN(c2cccc(Cl)c2CO)CC1. The van der Waals surface area contributed by atoms with Crippen LogP contribution in [-0.4, -0.2) is 42.2 Å². The molecule has 0 amide bonds. The van der Waals surface area contributed by atoms with Crippen molar-refractivity contribution in [2.75, 3.05) is 31.1 Å². The number of anilines is 1. The maximum atomic E-state index is 9.45. The minimum atomic E-state index is -0.000594. The molecule has 1 aliphatic rings. The molecule has 1 heterocycles. The molecule has 1 aliphatic heterocycles. The second kappa shape index (κ2) is 5.91. The number of hydrogen-bond acceptors (Lipinski definition) is 3. The van der Waals surface area contributed by atoms with Crippen molar-refractivity contribution in [2.45, 2.75) is 26.5 Å². The maximum absolute atomic E-state index is 9.45. The number of hydrogen-bond donors (Lipinski definition) is 1. The number of benzene rings is 1. The Bertz CT molecular complexity index is 401. The van der Waals surface area contributed by atoms with Crippen LogP contribution in [0.2, 0.25) is 5.02 Å². The van der Waals surface area contributed by atoms with Gasteiger partial charge in [-0.2, -0.15) is 0 Å². The Balaban J connectivity index is 2.12. The minimum Gasteiger partial charge on any atom is -0.392 e. The van der Waals surface area contributed by atoms with Gasteiger partial charge in [0, 0.05) is 48.5 Å². The first kappa shape index (κ1) is 13.7. The van der Waals surface area contributed by atoms with Crippen LogP contribution in [0.15, 0.2) is 18.2 Å². The smallest absolute Gasteiger partial charge is 0.0716 e. The molecular formula is C14H21ClN2O. The van der Waals surface area contributed by atoms with Gasteiger partial charge in [0.2, 0.25) is 0 Å². The second-order valence-electron chi connectivity index (χ2n) is 5.01. The van der Waals surface area contributed by atoms with Crippen molar-refractivity contribution in [3.8, 4) is 0 Å². The molecule has 4 heteroatoms. The first-order valence-corrected chi connectivity index (χ1v) is 6.88. The Labute approximate surface area is 114 Å². The molecule has 0 radical (unpaired) electrons. The highest BCUT2D eigenvalue weighted by molar-refractivity contribution is 6.31. The topological polar surface area (TPSA) is 26.7 Å². The lowest BCUT2D eigenvalue weighted by molar-refractivity contribution is 0.209. The van der Waals surface area contributed by atoms with Crippen LogP contribution in [0.1, 0.15) is 19.4 Å². The van der Waals surface area contributed by atoms with Crippen molar-refractivity contribution >= 4 is 17.3 Å². The van der Waals surface area contributed by atoms with Gasteiger partial charge in [0.25, 0.3) is 0 Å². The fourth-order valence-corrected chi connectivity index (χ4v) is 2.71. The Kier molecular flexibility index (Phi) is 4.49. The third kappa shape index (κ3) is 2.79. The van der Waals surface area contributed by atoms with Crippen LogP contribution in [0, 0.1) is 0 Å². The van der Waals surface area contributed by atoms with Crippen molar-refractivity contribution < 1.29 is 5.11 Å². The molecule has 0 spiro atoms. The van der Waals surface area contributed by atoms with Crippen LogP contribution in [0.25, 0.3) is 0 Å². The summed E-state index contributed by atoms with van der Waals surface area (Å²) in [5.74, 6) is 0. The number of aliphatic hydroxyl groups is 1. The van der Waals surface area contributed by atoms with Crippen LogP contribution < -0.4 is 4.90 Å². The van der Waals surface area contributed by atoms with Crippen LogP contribution >= 0.6 is 11.6 Å². The van der Waals surface area contributed by atoms with Gasteiger partial charge < -0.3 is 10.0 Å². The third-order valence-electron chi connectivity index (χ3n) is 3.64. The molecule has 3 nitrogen and oxygen atoms in total. The lowest BCUT2D eigenvalue weighted by atomic mass is 10.1. The number of piperazine rings is 1. The fraction of sp³-hybridized carbons (Fsp3) is 0.571. The van der Waals surface area contributed by atoms with Gasteiger partial charge in [0.05, 0.1) is 6.61 Å². The Morgan fingerprint density at radius 3 is 2.44 bits per heavy atom. The monoisotopic (exact) mass is 268 g/mol. The summed E-state index contributed by atoms with van der Waals surface area (Å²) in [5.41, 5.74) is 1.92. The summed E-state index contributed by atoms with van der Waals surface area (Å²) >= 11 is 6.13. The van der Waals surface area contributed by atoms with Gasteiger partial charge in [-0.15, -0.1) is 0 Å². The highest BCUT2D eigenvalue weighted by atomic mass is 35.5. The number of aliphatic hydroxyl groups excluding tert-OH is 1. The van der Waals surface area contributed by atoms with Gasteiger partial charge in [-0.05, 0) is 26.0 Å². The van der Waals surface area contributed by atoms with E-state index >= 15 is 0 Å². The zero-order valence-corrected chi connectivity index (χ0v) is 11.8. The zero-order valence-electron chi connectivity index (χ0n) is 11.1. The molecule has 1 saturated heterocycles. The lowest BCUT2D eigenvalue weighted by Crippen LogP contribution is -2.49. The summed E-state index contributed by atoms with van der Waals surface area (Å²) in [6.45, 7) is 8.57. The summed E-state index contributed by atoms with van der Waals surface area (Å²) in [5, 5.41) is 10.1. The highest BCUT2D eigenvalue weighted by Gasteiger charge is 2.21. The predicted octanol–water partition coefficient (Wildman–Crippen LogP) is 2.36. The standard InChI is InChI=1S/C14H21ClN2O/c1-11(2)16-6-8-17(9-7-16)14-5-3-4-13(15)12(14)10-18/h3-5,11,18H,6-10H2,1-2H3.